The van der Waals surface area contributed by atoms with E-state index in [1.54, 1.807) is 72.7 Å². The molecule has 8 heteroatoms. The van der Waals surface area contributed by atoms with Crippen LogP contribution in [-0.4, -0.2) is 40.6 Å². The Morgan fingerprint density at radius 1 is 1.03 bits per heavy atom. The van der Waals surface area contributed by atoms with E-state index in [2.05, 4.69) is 5.32 Å². The zero-order valence-electron chi connectivity index (χ0n) is 18.6. The minimum absolute atomic E-state index is 0.304. The molecule has 0 saturated heterocycles. The monoisotopic (exact) mass is 419 g/mol. The van der Waals surface area contributed by atoms with E-state index in [1.165, 1.54) is 6.20 Å². The quantitative estimate of drug-likeness (QED) is 0.648. The number of rotatable bonds is 3. The van der Waals surface area contributed by atoms with Crippen LogP contribution >= 0.6 is 0 Å². The molecule has 2 N–H and O–H groups in total. The number of hydrogen-bond acceptors (Lipinski definition) is 5. The van der Waals surface area contributed by atoms with E-state index in [9.17, 15) is 19.5 Å². The molecule has 1 aliphatic rings. The lowest BCUT2D eigenvalue weighted by Crippen LogP contribution is -2.54. The third kappa shape index (κ3) is 5.18. The number of carboxylic acid groups (broad SMARTS) is 1. The van der Waals surface area contributed by atoms with Gasteiger partial charge in [-0.1, -0.05) is 16.6 Å². The standard InChI is InChI=1S/C22H30N2O6/c1-14(23-18(25)29-21(2,3)4)12-15-13-24(19(26)27,20(28)30-22(5,6)7)17-11-9-8-10-16(15)17/h8-11,13-14H,12H2,1-7H3,(H-,23,25,26,27)/p+1/t14-,24?/m1/s1. The van der Waals surface area contributed by atoms with Gasteiger partial charge >= 0.3 is 18.3 Å². The summed E-state index contributed by atoms with van der Waals surface area (Å²) in [6, 6.07) is 6.46. The summed E-state index contributed by atoms with van der Waals surface area (Å²) in [4.78, 5) is 37.4. The highest BCUT2D eigenvalue weighted by Gasteiger charge is 2.55. The lowest BCUT2D eigenvalue weighted by atomic mass is 10.0. The fourth-order valence-corrected chi connectivity index (χ4v) is 3.20. The van der Waals surface area contributed by atoms with Crippen molar-refractivity contribution >= 4 is 29.5 Å². The molecule has 30 heavy (non-hydrogen) atoms. The summed E-state index contributed by atoms with van der Waals surface area (Å²) in [5, 5.41) is 12.8. The number of nitrogens with zero attached hydrogens (tertiary/aromatic N) is 1. The van der Waals surface area contributed by atoms with E-state index in [0.29, 0.717) is 23.2 Å². The molecule has 0 aliphatic carbocycles. The Labute approximate surface area is 177 Å². The molecule has 1 aliphatic heterocycles. The van der Waals surface area contributed by atoms with Gasteiger partial charge in [-0.2, -0.15) is 9.59 Å². The maximum atomic E-state index is 13.0. The Bertz CT molecular complexity index is 878. The molecule has 0 fully saturated rings. The highest BCUT2D eigenvalue weighted by molar-refractivity contribution is 6.10. The van der Waals surface area contributed by atoms with Gasteiger partial charge in [0.1, 0.15) is 17.4 Å². The van der Waals surface area contributed by atoms with E-state index in [1.807, 2.05) is 0 Å². The van der Waals surface area contributed by atoms with Crippen molar-refractivity contribution in [3.8, 4) is 0 Å². The maximum absolute atomic E-state index is 13.0. The summed E-state index contributed by atoms with van der Waals surface area (Å²) in [6.07, 6.45) is -1.13. The molecule has 1 aromatic rings. The number of benzene rings is 1. The number of alkyl carbamates (subject to hydrolysis) is 1. The normalized spacial score (nSPS) is 19.4. The van der Waals surface area contributed by atoms with Gasteiger partial charge in [-0.25, -0.2) is 4.79 Å². The van der Waals surface area contributed by atoms with Crippen LogP contribution in [-0.2, 0) is 9.47 Å². The highest BCUT2D eigenvalue weighted by atomic mass is 16.6. The molecule has 0 saturated carbocycles. The second kappa shape index (κ2) is 8.10. The number of carbonyl (C=O) groups excluding carboxylic acids is 2. The summed E-state index contributed by atoms with van der Waals surface area (Å²) >= 11 is 0. The molecule has 1 aromatic carbocycles. The van der Waals surface area contributed by atoms with Crippen LogP contribution in [0.25, 0.3) is 5.57 Å². The Morgan fingerprint density at radius 2 is 1.60 bits per heavy atom. The molecule has 1 heterocycles. The van der Waals surface area contributed by atoms with Gasteiger partial charge in [0.25, 0.3) is 0 Å². The van der Waals surface area contributed by atoms with Gasteiger partial charge in [-0.15, -0.1) is 0 Å². The predicted octanol–water partition coefficient (Wildman–Crippen LogP) is 5.26. The van der Waals surface area contributed by atoms with Crippen molar-refractivity contribution in [2.45, 2.75) is 72.1 Å². The van der Waals surface area contributed by atoms with Crippen molar-refractivity contribution in [3.05, 3.63) is 36.0 Å². The zero-order chi connectivity index (χ0) is 22.9. The first-order valence-corrected chi connectivity index (χ1v) is 9.83. The summed E-state index contributed by atoms with van der Waals surface area (Å²) in [5.74, 6) is 0. The zero-order valence-corrected chi connectivity index (χ0v) is 18.6. The first-order valence-electron chi connectivity index (χ1n) is 9.83. The molecular weight excluding hydrogens is 388 g/mol. The summed E-state index contributed by atoms with van der Waals surface area (Å²) < 4.78 is 9.63. The van der Waals surface area contributed by atoms with E-state index in [0.717, 1.165) is 0 Å². The molecule has 1 unspecified atom stereocenters. The minimum Gasteiger partial charge on any atom is -0.444 e. The number of fused-ring (bicyclic) bond motifs is 1. The summed E-state index contributed by atoms with van der Waals surface area (Å²) in [6.45, 7) is 12.1. The molecule has 2 atom stereocenters. The Kier molecular flexibility index (Phi) is 6.32. The number of nitrogens with one attached hydrogen (secondary N) is 1. The smallest absolute Gasteiger partial charge is 0.444 e. The molecule has 2 rings (SSSR count). The Hall–Kier alpha value is -2.87. The average molecular weight is 419 g/mol. The summed E-state index contributed by atoms with van der Waals surface area (Å²) in [7, 11) is 0. The lowest BCUT2D eigenvalue weighted by molar-refractivity contribution is 0.0357. The van der Waals surface area contributed by atoms with Crippen LogP contribution in [0.2, 0.25) is 0 Å². The highest BCUT2D eigenvalue weighted by Crippen LogP contribution is 2.43. The SMILES string of the molecule is C[C@H](CC1=C[N+](C(=O)O)(C(=O)OC(C)(C)C)c2ccccc21)NC(=O)OC(C)(C)C. The molecule has 0 spiro atoms. The van der Waals surface area contributed by atoms with E-state index < -0.39 is 34.0 Å². The first-order chi connectivity index (χ1) is 13.7. The first kappa shape index (κ1) is 23.4. The van der Waals surface area contributed by atoms with E-state index >= 15 is 0 Å². The number of ether oxygens (including phenoxy) is 2. The second-order valence-electron chi connectivity index (χ2n) is 9.41. The van der Waals surface area contributed by atoms with Gasteiger partial charge in [0.15, 0.2) is 5.69 Å². The third-order valence-corrected chi connectivity index (χ3v) is 4.25. The number of para-hydroxylation sites is 1. The van der Waals surface area contributed by atoms with Crippen LogP contribution in [0.1, 0.15) is 60.5 Å². The predicted molar refractivity (Wildman–Crippen MR) is 114 cm³/mol. The van der Waals surface area contributed by atoms with E-state index in [-0.39, 0.29) is 6.04 Å². The minimum atomic E-state index is -1.36. The third-order valence-electron chi connectivity index (χ3n) is 4.25. The van der Waals surface area contributed by atoms with Crippen molar-refractivity contribution in [3.63, 3.8) is 0 Å². The van der Waals surface area contributed by atoms with Crippen molar-refractivity contribution < 1.29 is 29.0 Å². The molecule has 3 amide bonds. The topological polar surface area (TPSA) is 102 Å². The van der Waals surface area contributed by atoms with Crippen LogP contribution in [0.4, 0.5) is 20.1 Å². The van der Waals surface area contributed by atoms with Crippen LogP contribution in [0.3, 0.4) is 0 Å². The van der Waals surface area contributed by atoms with E-state index in [4.69, 9.17) is 9.47 Å². The fourth-order valence-electron chi connectivity index (χ4n) is 3.20. The average Bonchev–Trinajstić information content (AvgIpc) is 2.87. The maximum Gasteiger partial charge on any atom is 0.537 e. The van der Waals surface area contributed by atoms with Crippen LogP contribution < -0.4 is 9.80 Å². The molecule has 8 nitrogen and oxygen atoms in total. The van der Waals surface area contributed by atoms with Gasteiger partial charge in [-0.3, -0.25) is 0 Å². The van der Waals surface area contributed by atoms with Crippen molar-refractivity contribution in [2.75, 3.05) is 0 Å². The number of carbonyl (C=O) groups is 3. The number of quaternary nitrogens is 1. The molecule has 164 valence electrons. The van der Waals surface area contributed by atoms with Crippen molar-refractivity contribution in [1.82, 2.24) is 9.80 Å². The molecule has 0 aromatic heterocycles. The van der Waals surface area contributed by atoms with Crippen molar-refractivity contribution in [2.24, 2.45) is 0 Å². The lowest BCUT2D eigenvalue weighted by Gasteiger charge is -2.26. The largest absolute Gasteiger partial charge is 0.537 e. The number of amides is 3. The Morgan fingerprint density at radius 3 is 2.13 bits per heavy atom. The van der Waals surface area contributed by atoms with Crippen LogP contribution in [0.15, 0.2) is 30.5 Å². The molecule has 0 radical (unpaired) electrons. The summed E-state index contributed by atoms with van der Waals surface area (Å²) in [5.41, 5.74) is 0.0778. The van der Waals surface area contributed by atoms with Crippen molar-refractivity contribution in [1.29, 1.82) is 0 Å². The van der Waals surface area contributed by atoms with Gasteiger partial charge in [0.2, 0.25) is 0 Å². The van der Waals surface area contributed by atoms with Gasteiger partial charge in [-0.05, 0) is 61.0 Å². The van der Waals surface area contributed by atoms with Crippen LogP contribution in [0.5, 0.6) is 0 Å². The number of hydrogen-bond donors (Lipinski definition) is 2. The van der Waals surface area contributed by atoms with Gasteiger partial charge < -0.3 is 19.9 Å². The van der Waals surface area contributed by atoms with Gasteiger partial charge in [0, 0.05) is 23.2 Å². The molecule has 0 bridgehead atoms. The van der Waals surface area contributed by atoms with Gasteiger partial charge in [0.05, 0.1) is 0 Å². The fraction of sp³-hybridized carbons (Fsp3) is 0.500. The van der Waals surface area contributed by atoms with Crippen LogP contribution in [0, 0.1) is 0 Å². The Balaban J connectivity index is 2.37. The molecular formula is C22H31N2O6+. The number of imide groups is 1. The second-order valence-corrected chi connectivity index (χ2v) is 9.41.